The van der Waals surface area contributed by atoms with Crippen LogP contribution in [0.2, 0.25) is 19.6 Å². The fourth-order valence-corrected chi connectivity index (χ4v) is 12.8. The summed E-state index contributed by atoms with van der Waals surface area (Å²) < 4.78 is 14.9. The zero-order valence-corrected chi connectivity index (χ0v) is 36.5. The first-order chi connectivity index (χ1) is 29.6. The summed E-state index contributed by atoms with van der Waals surface area (Å²) in [5.74, 6) is 1.24. The molecule has 0 amide bonds. The van der Waals surface area contributed by atoms with Gasteiger partial charge in [0.25, 0.3) is 5.82 Å². The van der Waals surface area contributed by atoms with E-state index in [9.17, 15) is 0 Å². The van der Waals surface area contributed by atoms with Crippen molar-refractivity contribution in [1.29, 1.82) is 0 Å². The van der Waals surface area contributed by atoms with Gasteiger partial charge in [0.15, 0.2) is 28.9 Å². The topological polar surface area (TPSA) is 25.8 Å². The minimum Gasteiger partial charge on any atom is -0.455 e. The number of para-hydroxylation sites is 3. The van der Waals surface area contributed by atoms with Gasteiger partial charge in [-0.25, -0.2) is 9.13 Å². The third-order valence-corrected chi connectivity index (χ3v) is 16.4. The number of benzene rings is 6. The lowest BCUT2D eigenvalue weighted by molar-refractivity contribution is -0.706. The number of aromatic nitrogens is 3. The quantitative estimate of drug-likeness (QED) is 0.0933. The minimum atomic E-state index is -1.91. The molecule has 0 fully saturated rings. The highest BCUT2D eigenvalue weighted by Crippen LogP contribution is 2.56. The van der Waals surface area contributed by atoms with Crippen LogP contribution in [0.25, 0.3) is 77.5 Å². The van der Waals surface area contributed by atoms with E-state index in [4.69, 9.17) is 4.42 Å². The first kappa shape index (κ1) is 36.3. The summed E-state index contributed by atoms with van der Waals surface area (Å²) in [6, 6.07) is 49.5. The second-order valence-electron chi connectivity index (χ2n) is 18.9. The molecule has 4 unspecified atom stereocenters. The number of furan rings is 1. The fraction of sp³-hybridized carbons (Fsp3) is 0.179. The van der Waals surface area contributed by atoms with Gasteiger partial charge in [-0.05, 0) is 71.7 Å². The predicted octanol–water partition coefficient (Wildman–Crippen LogP) is 12.8. The van der Waals surface area contributed by atoms with E-state index >= 15 is 0 Å². The largest absolute Gasteiger partial charge is 0.455 e. The molecule has 0 saturated heterocycles. The third-order valence-electron chi connectivity index (χ3n) is 14.4. The first-order valence-corrected chi connectivity index (χ1v) is 25.3. The number of fused-ring (bicyclic) bond motifs is 13. The second-order valence-corrected chi connectivity index (χ2v) is 23.9. The van der Waals surface area contributed by atoms with Crippen LogP contribution in [0.3, 0.4) is 0 Å². The Bertz CT molecular complexity index is 3400. The maximum atomic E-state index is 7.00. The minimum absolute atomic E-state index is 0.0266. The van der Waals surface area contributed by atoms with Gasteiger partial charge < -0.3 is 4.42 Å². The van der Waals surface area contributed by atoms with E-state index in [2.05, 4.69) is 218 Å². The predicted molar refractivity (Wildman–Crippen MR) is 254 cm³/mol. The van der Waals surface area contributed by atoms with Gasteiger partial charge in [-0.1, -0.05) is 153 Å². The molecule has 4 atom stereocenters. The molecule has 0 saturated carbocycles. The third kappa shape index (κ3) is 5.10. The Morgan fingerprint density at radius 1 is 0.770 bits per heavy atom. The molecule has 1 aliphatic carbocycles. The summed E-state index contributed by atoms with van der Waals surface area (Å²) in [5, 5.41) is 6.33. The first-order valence-electron chi connectivity index (χ1n) is 21.8. The molecule has 0 bridgehead atoms. The molecule has 5 heterocycles. The van der Waals surface area contributed by atoms with Crippen LogP contribution < -0.4 is 14.3 Å². The number of pyridine rings is 1. The van der Waals surface area contributed by atoms with Crippen LogP contribution in [0.5, 0.6) is 0 Å². The molecule has 3 aromatic heterocycles. The van der Waals surface area contributed by atoms with Crippen LogP contribution in [-0.2, 0) is 6.54 Å². The summed E-state index contributed by atoms with van der Waals surface area (Å²) >= 11 is 0. The highest BCUT2D eigenvalue weighted by atomic mass is 28.3. The second kappa shape index (κ2) is 13.0. The number of allylic oxidation sites excluding steroid dienone is 5. The molecular formula is C56H49N3OSi+2. The van der Waals surface area contributed by atoms with E-state index in [0.717, 1.165) is 28.5 Å². The van der Waals surface area contributed by atoms with Gasteiger partial charge in [0.05, 0.1) is 19.6 Å². The van der Waals surface area contributed by atoms with Crippen LogP contribution in [-0.4, -0.2) is 12.6 Å². The lowest BCUT2D eigenvalue weighted by Gasteiger charge is -2.33. The van der Waals surface area contributed by atoms with Gasteiger partial charge in [-0.2, -0.15) is 4.57 Å². The van der Waals surface area contributed by atoms with Gasteiger partial charge in [-0.15, -0.1) is 0 Å². The van der Waals surface area contributed by atoms with Crippen molar-refractivity contribution >= 4 is 57.0 Å². The molecule has 0 radical (unpaired) electrons. The summed E-state index contributed by atoms with van der Waals surface area (Å²) in [5.41, 5.74) is 14.6. The van der Waals surface area contributed by atoms with Crippen LogP contribution in [0, 0.1) is 5.41 Å². The van der Waals surface area contributed by atoms with Crippen molar-refractivity contribution in [2.75, 3.05) is 0 Å². The van der Waals surface area contributed by atoms with Crippen molar-refractivity contribution < 1.29 is 13.6 Å². The normalized spacial score (nSPS) is 20.3. The van der Waals surface area contributed by atoms with Gasteiger partial charge in [-0.3, -0.25) is 0 Å². The molecule has 2 aliphatic heterocycles. The number of rotatable bonds is 6. The van der Waals surface area contributed by atoms with Crippen LogP contribution in [0.1, 0.15) is 43.0 Å². The smallest absolute Gasteiger partial charge is 0.294 e. The molecule has 4 nitrogen and oxygen atoms in total. The van der Waals surface area contributed by atoms with Crippen molar-refractivity contribution in [2.45, 2.75) is 58.0 Å². The van der Waals surface area contributed by atoms with Gasteiger partial charge in [0, 0.05) is 33.0 Å². The summed E-state index contributed by atoms with van der Waals surface area (Å²) in [6.45, 7) is 17.6. The molecular weight excluding hydrogens is 759 g/mol. The Kier molecular flexibility index (Phi) is 7.72. The van der Waals surface area contributed by atoms with Crippen molar-refractivity contribution in [3.05, 3.63) is 187 Å². The summed E-state index contributed by atoms with van der Waals surface area (Å²) in [6.07, 6.45) is 11.6. The lowest BCUT2D eigenvalue weighted by atomic mass is 9.76. The van der Waals surface area contributed by atoms with Gasteiger partial charge in [0.1, 0.15) is 23.7 Å². The molecule has 61 heavy (non-hydrogen) atoms. The van der Waals surface area contributed by atoms with E-state index in [1.54, 1.807) is 0 Å². The van der Waals surface area contributed by atoms with Crippen molar-refractivity contribution in [3.8, 4) is 33.8 Å². The molecule has 0 N–H and O–H groups in total. The molecule has 0 spiro atoms. The SMILES string of the molecule is C=CC1C(C2c3ccc4c(oc5ccccc54)c3-c3n2c2ccccc2[n+]3CC2(C)C=CC=C2C)c2ccccc2-c2cc(-c3cccc4ccccc34)c([Si](C)(C)C)c[n+]21. The van der Waals surface area contributed by atoms with E-state index in [-0.39, 0.29) is 23.4 Å². The highest BCUT2D eigenvalue weighted by Gasteiger charge is 2.54. The molecule has 6 aromatic carbocycles. The molecule has 9 aromatic rings. The monoisotopic (exact) mass is 807 g/mol. The van der Waals surface area contributed by atoms with Gasteiger partial charge >= 0.3 is 0 Å². The lowest BCUT2D eigenvalue weighted by Crippen LogP contribution is -2.53. The average molecular weight is 808 g/mol. The summed E-state index contributed by atoms with van der Waals surface area (Å²) in [4.78, 5) is 0. The highest BCUT2D eigenvalue weighted by molar-refractivity contribution is 6.89. The molecule has 12 rings (SSSR count). The Balaban J connectivity index is 1.16. The average Bonchev–Trinajstić information content (AvgIpc) is 4.01. The Morgan fingerprint density at radius 2 is 1.51 bits per heavy atom. The van der Waals surface area contributed by atoms with E-state index in [1.807, 2.05) is 0 Å². The van der Waals surface area contributed by atoms with E-state index in [1.165, 1.54) is 77.5 Å². The van der Waals surface area contributed by atoms with Crippen molar-refractivity contribution in [2.24, 2.45) is 5.41 Å². The van der Waals surface area contributed by atoms with Crippen molar-refractivity contribution in [1.82, 2.24) is 4.57 Å². The standard InChI is InChI=1S/C56H49N3OSi/c1-7-45-51(41-24-11-10-22-39(41)48-32-44(50(33-57(45)48)61(4,5)6)38-25-16-20-36-19-8-9-21-37(36)38)53-43-30-29-42-40-23-12-15-28-49(40)60-54(42)52(43)55-58(34-56(3)31-17-18-35(56)2)46-26-13-14-27-47(46)59(53)55/h7-33,45,51,53H,1,34H2,2-6H3/q+2. The van der Waals surface area contributed by atoms with E-state index < -0.39 is 8.07 Å². The van der Waals surface area contributed by atoms with Crippen LogP contribution in [0.15, 0.2) is 181 Å². The van der Waals surface area contributed by atoms with Crippen molar-refractivity contribution in [3.63, 3.8) is 0 Å². The fourth-order valence-electron chi connectivity index (χ4n) is 11.3. The van der Waals surface area contributed by atoms with Gasteiger partial charge in [0.2, 0.25) is 5.69 Å². The van der Waals surface area contributed by atoms with Crippen LogP contribution in [0.4, 0.5) is 0 Å². The summed E-state index contributed by atoms with van der Waals surface area (Å²) in [7, 11) is -1.91. The zero-order valence-electron chi connectivity index (χ0n) is 35.5. The Morgan fingerprint density at radius 3 is 2.33 bits per heavy atom. The maximum Gasteiger partial charge on any atom is 0.294 e. The number of hydrogen-bond donors (Lipinski definition) is 0. The molecule has 296 valence electrons. The van der Waals surface area contributed by atoms with Crippen LogP contribution >= 0.6 is 0 Å². The number of hydrogen-bond acceptors (Lipinski definition) is 1. The number of nitrogens with zero attached hydrogens (tertiary/aromatic N) is 3. The Hall–Kier alpha value is -6.56. The molecule has 5 heteroatoms. The van der Waals surface area contributed by atoms with E-state index in [0.29, 0.717) is 0 Å². The maximum absolute atomic E-state index is 7.00. The zero-order chi connectivity index (χ0) is 41.4. The Labute approximate surface area is 358 Å². The number of imidazole rings is 1. The molecule has 3 aliphatic rings.